The Kier molecular flexibility index (Phi) is 3.83. The molecule has 1 aromatic carbocycles. The smallest absolute Gasteiger partial charge is 0.229 e. The van der Waals surface area contributed by atoms with Crippen molar-refractivity contribution in [1.29, 1.82) is 0 Å². The number of benzene rings is 1. The highest BCUT2D eigenvalue weighted by atomic mass is 16.2. The Balaban J connectivity index is 1.48. The van der Waals surface area contributed by atoms with E-state index in [1.165, 1.54) is 0 Å². The molecule has 6 heteroatoms. The Bertz CT molecular complexity index is 896. The monoisotopic (exact) mass is 349 g/mol. The summed E-state index contributed by atoms with van der Waals surface area (Å²) in [5.41, 5.74) is 0.887. The first-order chi connectivity index (χ1) is 12.5. The second kappa shape index (κ2) is 6.05. The van der Waals surface area contributed by atoms with Crippen LogP contribution >= 0.6 is 0 Å². The van der Waals surface area contributed by atoms with Crippen molar-refractivity contribution in [3.63, 3.8) is 0 Å². The number of amides is 2. The van der Waals surface area contributed by atoms with Gasteiger partial charge in [0.15, 0.2) is 5.78 Å². The number of anilines is 1. The van der Waals surface area contributed by atoms with Gasteiger partial charge in [0.25, 0.3) is 0 Å². The zero-order valence-corrected chi connectivity index (χ0v) is 14.4. The van der Waals surface area contributed by atoms with Crippen molar-refractivity contribution in [3.05, 3.63) is 59.9 Å². The summed E-state index contributed by atoms with van der Waals surface area (Å²) in [4.78, 5) is 42.3. The van der Waals surface area contributed by atoms with E-state index in [4.69, 9.17) is 0 Å². The highest BCUT2D eigenvalue weighted by Gasteiger charge is 2.73. The lowest BCUT2D eigenvalue weighted by atomic mass is 9.92. The standard InChI is InChI=1S/C20H19N3O3/c1-20-15(18(25)22-11-9-12-6-4-5-10-21-12)16(20)19(26)23-14-8-3-2-7-13(14)17(20)24/h2-8,10,15-16H,9,11H2,1H3,(H,22,25)(H,23,26)/t15-,16?,20+/m0/s1. The molecule has 1 unspecified atom stereocenters. The van der Waals surface area contributed by atoms with Crippen molar-refractivity contribution in [2.24, 2.45) is 17.3 Å². The van der Waals surface area contributed by atoms with Crippen LogP contribution in [0.2, 0.25) is 0 Å². The number of carbonyl (C=O) groups is 3. The van der Waals surface area contributed by atoms with Gasteiger partial charge in [-0.25, -0.2) is 0 Å². The molecule has 0 saturated heterocycles. The zero-order valence-electron chi connectivity index (χ0n) is 14.4. The maximum Gasteiger partial charge on any atom is 0.229 e. The molecule has 0 radical (unpaired) electrons. The van der Waals surface area contributed by atoms with E-state index >= 15 is 0 Å². The Morgan fingerprint density at radius 2 is 1.96 bits per heavy atom. The van der Waals surface area contributed by atoms with Crippen molar-refractivity contribution in [3.8, 4) is 0 Å². The molecule has 1 fully saturated rings. The first-order valence-electron chi connectivity index (χ1n) is 8.66. The maximum atomic E-state index is 13.0. The average molecular weight is 349 g/mol. The van der Waals surface area contributed by atoms with Crippen LogP contribution in [0.5, 0.6) is 0 Å². The lowest BCUT2D eigenvalue weighted by molar-refractivity contribution is -0.125. The highest BCUT2D eigenvalue weighted by Crippen LogP contribution is 2.62. The minimum absolute atomic E-state index is 0.152. The number of para-hydroxylation sites is 1. The first-order valence-corrected chi connectivity index (χ1v) is 8.66. The SMILES string of the molecule is C[C@]12C(=O)c3ccccc3NC(=O)C1[C@H]2C(=O)NCCc1ccccn1. The van der Waals surface area contributed by atoms with Crippen LogP contribution in [-0.4, -0.2) is 29.1 Å². The van der Waals surface area contributed by atoms with Gasteiger partial charge in [0, 0.05) is 30.4 Å². The fraction of sp³-hybridized carbons (Fsp3) is 0.300. The predicted octanol–water partition coefficient (Wildman–Crippen LogP) is 1.83. The molecule has 1 aromatic heterocycles. The lowest BCUT2D eigenvalue weighted by Crippen LogP contribution is -2.31. The molecule has 1 aliphatic carbocycles. The number of Topliss-reactive ketones (excluding diaryl/α,β-unsaturated/α-hetero) is 1. The van der Waals surface area contributed by atoms with E-state index in [0.29, 0.717) is 24.2 Å². The molecule has 26 heavy (non-hydrogen) atoms. The van der Waals surface area contributed by atoms with E-state index in [-0.39, 0.29) is 17.6 Å². The summed E-state index contributed by atoms with van der Waals surface area (Å²) >= 11 is 0. The van der Waals surface area contributed by atoms with Crippen LogP contribution in [0.1, 0.15) is 23.0 Å². The summed E-state index contributed by atoms with van der Waals surface area (Å²) < 4.78 is 0. The molecule has 132 valence electrons. The molecular weight excluding hydrogens is 330 g/mol. The molecular formula is C20H19N3O3. The van der Waals surface area contributed by atoms with Crippen LogP contribution < -0.4 is 10.6 Å². The van der Waals surface area contributed by atoms with Crippen LogP contribution in [0.25, 0.3) is 0 Å². The second-order valence-corrected chi connectivity index (χ2v) is 6.96. The minimum atomic E-state index is -0.980. The average Bonchev–Trinajstić information content (AvgIpc) is 3.30. The summed E-state index contributed by atoms with van der Waals surface area (Å²) in [5.74, 6) is -1.93. The zero-order chi connectivity index (χ0) is 18.3. The third kappa shape index (κ3) is 2.49. The van der Waals surface area contributed by atoms with Crippen molar-refractivity contribution in [1.82, 2.24) is 10.3 Å². The number of carbonyl (C=O) groups excluding carboxylic acids is 3. The fourth-order valence-electron chi connectivity index (χ4n) is 3.90. The quantitative estimate of drug-likeness (QED) is 0.881. The van der Waals surface area contributed by atoms with Crippen LogP contribution in [0.15, 0.2) is 48.7 Å². The van der Waals surface area contributed by atoms with Gasteiger partial charge in [0.2, 0.25) is 11.8 Å². The van der Waals surface area contributed by atoms with E-state index in [1.807, 2.05) is 18.2 Å². The van der Waals surface area contributed by atoms with Gasteiger partial charge < -0.3 is 10.6 Å². The summed E-state index contributed by atoms with van der Waals surface area (Å²) in [7, 11) is 0. The molecule has 0 bridgehead atoms. The molecule has 4 rings (SSSR count). The fourth-order valence-corrected chi connectivity index (χ4v) is 3.90. The minimum Gasteiger partial charge on any atom is -0.355 e. The number of nitrogens with zero attached hydrogens (tertiary/aromatic N) is 1. The van der Waals surface area contributed by atoms with E-state index < -0.39 is 17.3 Å². The van der Waals surface area contributed by atoms with E-state index in [9.17, 15) is 14.4 Å². The number of nitrogens with one attached hydrogen (secondary N) is 2. The molecule has 1 aliphatic heterocycles. The topological polar surface area (TPSA) is 88.2 Å². The van der Waals surface area contributed by atoms with Crippen LogP contribution in [-0.2, 0) is 16.0 Å². The number of pyridine rings is 1. The van der Waals surface area contributed by atoms with E-state index in [2.05, 4.69) is 15.6 Å². The number of hydrogen-bond donors (Lipinski definition) is 2. The van der Waals surface area contributed by atoms with Crippen molar-refractivity contribution in [2.45, 2.75) is 13.3 Å². The van der Waals surface area contributed by atoms with Gasteiger partial charge in [-0.1, -0.05) is 25.1 Å². The number of aromatic nitrogens is 1. The molecule has 0 spiro atoms. The third-order valence-corrected chi connectivity index (χ3v) is 5.41. The molecule has 2 amide bonds. The second-order valence-electron chi connectivity index (χ2n) is 6.96. The normalized spacial score (nSPS) is 26.2. The lowest BCUT2D eigenvalue weighted by Gasteiger charge is -2.12. The van der Waals surface area contributed by atoms with Gasteiger partial charge >= 0.3 is 0 Å². The van der Waals surface area contributed by atoms with E-state index in [1.54, 1.807) is 37.4 Å². The Morgan fingerprint density at radius 3 is 2.73 bits per heavy atom. The van der Waals surface area contributed by atoms with Crippen LogP contribution in [0, 0.1) is 17.3 Å². The van der Waals surface area contributed by atoms with Crippen LogP contribution in [0.4, 0.5) is 5.69 Å². The molecule has 2 aliphatic rings. The van der Waals surface area contributed by atoms with Crippen molar-refractivity contribution in [2.75, 3.05) is 11.9 Å². The van der Waals surface area contributed by atoms with Gasteiger partial charge in [-0.3, -0.25) is 19.4 Å². The highest BCUT2D eigenvalue weighted by molar-refractivity contribution is 6.19. The molecule has 2 N–H and O–H groups in total. The molecule has 6 nitrogen and oxygen atoms in total. The summed E-state index contributed by atoms with van der Waals surface area (Å²) in [6, 6.07) is 12.6. The van der Waals surface area contributed by atoms with Gasteiger partial charge in [-0.2, -0.15) is 0 Å². The van der Waals surface area contributed by atoms with Gasteiger partial charge in [0.05, 0.1) is 22.9 Å². The molecule has 2 aromatic rings. The van der Waals surface area contributed by atoms with Crippen molar-refractivity contribution < 1.29 is 14.4 Å². The largest absolute Gasteiger partial charge is 0.355 e. The van der Waals surface area contributed by atoms with E-state index in [0.717, 1.165) is 5.69 Å². The molecule has 3 atom stereocenters. The number of ketones is 1. The summed E-state index contributed by atoms with van der Waals surface area (Å²) in [6.45, 7) is 2.13. The Hall–Kier alpha value is -3.02. The number of rotatable bonds is 4. The maximum absolute atomic E-state index is 13.0. The summed E-state index contributed by atoms with van der Waals surface area (Å²) in [5, 5.41) is 5.64. The predicted molar refractivity (Wildman–Crippen MR) is 95.4 cm³/mol. The van der Waals surface area contributed by atoms with Crippen LogP contribution in [0.3, 0.4) is 0 Å². The molecule has 1 saturated carbocycles. The third-order valence-electron chi connectivity index (χ3n) is 5.41. The number of fused-ring (bicyclic) bond motifs is 2. The number of hydrogen-bond acceptors (Lipinski definition) is 4. The Labute approximate surface area is 151 Å². The Morgan fingerprint density at radius 1 is 1.19 bits per heavy atom. The van der Waals surface area contributed by atoms with Crippen molar-refractivity contribution >= 4 is 23.3 Å². The van der Waals surface area contributed by atoms with Gasteiger partial charge in [0.1, 0.15) is 0 Å². The summed E-state index contributed by atoms with van der Waals surface area (Å²) in [6.07, 6.45) is 2.31. The first kappa shape index (κ1) is 16.4. The van der Waals surface area contributed by atoms with Gasteiger partial charge in [-0.05, 0) is 24.3 Å². The van der Waals surface area contributed by atoms with Gasteiger partial charge in [-0.15, -0.1) is 0 Å². The molecule has 2 heterocycles.